The Morgan fingerprint density at radius 1 is 1.09 bits per heavy atom. The van der Waals surface area contributed by atoms with Gasteiger partial charge in [-0.3, -0.25) is 0 Å². The van der Waals surface area contributed by atoms with E-state index in [1.165, 1.54) is 11.0 Å². The molecule has 7 nitrogen and oxygen atoms in total. The van der Waals surface area contributed by atoms with Crippen molar-refractivity contribution in [2.75, 3.05) is 7.11 Å². The lowest BCUT2D eigenvalue weighted by atomic mass is 10.2. The molecular weight excluding hydrogens is 284 g/mol. The topological polar surface area (TPSA) is 79.1 Å². The molecular formula is C15H12N4O3. The van der Waals surface area contributed by atoms with Crippen molar-refractivity contribution in [1.82, 2.24) is 20.2 Å². The zero-order valence-electron chi connectivity index (χ0n) is 11.7. The number of rotatable bonds is 4. The second-order valence-electron chi connectivity index (χ2n) is 4.37. The molecule has 1 heterocycles. The zero-order valence-corrected chi connectivity index (χ0v) is 11.7. The average Bonchev–Trinajstić information content (AvgIpc) is 3.10. The standard InChI is InChI=1S/C15H12N4O3/c1-21-13-6-2-4-11(8-13)15(20)22-14-7-3-5-12(9-14)19-10-16-17-18-19/h2-10H,1H3. The molecule has 0 aliphatic heterocycles. The minimum Gasteiger partial charge on any atom is -0.497 e. The Hall–Kier alpha value is -3.22. The van der Waals surface area contributed by atoms with Crippen LogP contribution in [0.25, 0.3) is 5.69 Å². The van der Waals surface area contributed by atoms with Crippen molar-refractivity contribution in [3.8, 4) is 17.2 Å². The Morgan fingerprint density at radius 2 is 1.91 bits per heavy atom. The maximum absolute atomic E-state index is 12.2. The molecule has 0 N–H and O–H groups in total. The third-order valence-corrected chi connectivity index (χ3v) is 2.95. The third kappa shape index (κ3) is 2.93. The zero-order chi connectivity index (χ0) is 15.4. The van der Waals surface area contributed by atoms with E-state index in [0.717, 1.165) is 0 Å². The number of carbonyl (C=O) groups is 1. The highest BCUT2D eigenvalue weighted by Gasteiger charge is 2.10. The van der Waals surface area contributed by atoms with Crippen LogP contribution in [0.4, 0.5) is 0 Å². The van der Waals surface area contributed by atoms with Crippen LogP contribution >= 0.6 is 0 Å². The molecule has 0 fully saturated rings. The summed E-state index contributed by atoms with van der Waals surface area (Å²) in [6.45, 7) is 0. The number of aromatic nitrogens is 4. The maximum Gasteiger partial charge on any atom is 0.343 e. The van der Waals surface area contributed by atoms with Crippen molar-refractivity contribution in [1.29, 1.82) is 0 Å². The Labute approximate surface area is 126 Å². The summed E-state index contributed by atoms with van der Waals surface area (Å²) in [7, 11) is 1.54. The molecule has 0 aliphatic rings. The molecule has 0 unspecified atom stereocenters. The van der Waals surface area contributed by atoms with Crippen LogP contribution in [0.1, 0.15) is 10.4 Å². The van der Waals surface area contributed by atoms with Gasteiger partial charge in [0.05, 0.1) is 18.4 Å². The van der Waals surface area contributed by atoms with Gasteiger partial charge in [-0.2, -0.15) is 0 Å². The van der Waals surface area contributed by atoms with E-state index < -0.39 is 5.97 Å². The number of tetrazole rings is 1. The van der Waals surface area contributed by atoms with Crippen molar-refractivity contribution >= 4 is 5.97 Å². The first-order valence-electron chi connectivity index (χ1n) is 6.46. The van der Waals surface area contributed by atoms with Crippen LogP contribution in [0.15, 0.2) is 54.9 Å². The Bertz CT molecular complexity index is 787. The van der Waals surface area contributed by atoms with Gasteiger partial charge in [-0.15, -0.1) is 5.10 Å². The number of hydrogen-bond acceptors (Lipinski definition) is 6. The van der Waals surface area contributed by atoms with Gasteiger partial charge in [-0.25, -0.2) is 9.48 Å². The summed E-state index contributed by atoms with van der Waals surface area (Å²) in [5.74, 6) is 0.533. The molecule has 0 spiro atoms. The van der Waals surface area contributed by atoms with Crippen molar-refractivity contribution in [3.05, 3.63) is 60.4 Å². The highest BCUT2D eigenvalue weighted by atomic mass is 16.5. The molecule has 3 rings (SSSR count). The molecule has 0 amide bonds. The molecule has 22 heavy (non-hydrogen) atoms. The molecule has 0 bridgehead atoms. The Balaban J connectivity index is 1.80. The van der Waals surface area contributed by atoms with E-state index in [4.69, 9.17) is 9.47 Å². The third-order valence-electron chi connectivity index (χ3n) is 2.95. The lowest BCUT2D eigenvalue weighted by molar-refractivity contribution is 0.0734. The monoisotopic (exact) mass is 296 g/mol. The molecule has 2 aromatic carbocycles. The molecule has 7 heteroatoms. The SMILES string of the molecule is COc1cccc(C(=O)Oc2cccc(-n3cnnn3)c2)c1. The number of hydrogen-bond donors (Lipinski definition) is 0. The fourth-order valence-corrected chi connectivity index (χ4v) is 1.89. The molecule has 1 aromatic heterocycles. The normalized spacial score (nSPS) is 10.2. The fourth-order valence-electron chi connectivity index (χ4n) is 1.89. The van der Waals surface area contributed by atoms with Gasteiger partial charge < -0.3 is 9.47 Å². The van der Waals surface area contributed by atoms with Gasteiger partial charge in [0, 0.05) is 6.07 Å². The second kappa shape index (κ2) is 6.04. The number of carbonyl (C=O) groups excluding carboxylic acids is 1. The van der Waals surface area contributed by atoms with Crippen molar-refractivity contribution in [2.45, 2.75) is 0 Å². The van der Waals surface area contributed by atoms with Gasteiger partial charge in [0.15, 0.2) is 0 Å². The minimum absolute atomic E-state index is 0.404. The van der Waals surface area contributed by atoms with E-state index in [-0.39, 0.29) is 0 Å². The summed E-state index contributed by atoms with van der Waals surface area (Å²) in [6, 6.07) is 13.7. The van der Waals surface area contributed by atoms with Crippen molar-refractivity contribution in [2.24, 2.45) is 0 Å². The first kappa shape index (κ1) is 13.7. The Morgan fingerprint density at radius 3 is 2.68 bits per heavy atom. The van der Waals surface area contributed by atoms with E-state index >= 15 is 0 Å². The van der Waals surface area contributed by atoms with Gasteiger partial charge in [0.1, 0.15) is 17.8 Å². The molecule has 0 saturated carbocycles. The predicted molar refractivity (Wildman–Crippen MR) is 77.1 cm³/mol. The minimum atomic E-state index is -0.465. The largest absolute Gasteiger partial charge is 0.497 e. The molecule has 110 valence electrons. The molecule has 0 radical (unpaired) electrons. The van der Waals surface area contributed by atoms with Gasteiger partial charge in [0.25, 0.3) is 0 Å². The maximum atomic E-state index is 12.2. The van der Waals surface area contributed by atoms with Gasteiger partial charge in [-0.1, -0.05) is 12.1 Å². The summed E-state index contributed by atoms with van der Waals surface area (Å²) < 4.78 is 11.9. The smallest absolute Gasteiger partial charge is 0.343 e. The lowest BCUT2D eigenvalue weighted by Crippen LogP contribution is -2.09. The van der Waals surface area contributed by atoms with Crippen LogP contribution in [0.3, 0.4) is 0 Å². The summed E-state index contributed by atoms with van der Waals surface area (Å²) in [6.07, 6.45) is 1.46. The van der Waals surface area contributed by atoms with Crippen LogP contribution in [0.2, 0.25) is 0 Å². The fraction of sp³-hybridized carbons (Fsp3) is 0.0667. The first-order valence-corrected chi connectivity index (χ1v) is 6.46. The van der Waals surface area contributed by atoms with E-state index in [0.29, 0.717) is 22.7 Å². The van der Waals surface area contributed by atoms with Crippen LogP contribution in [-0.2, 0) is 0 Å². The van der Waals surface area contributed by atoms with E-state index in [9.17, 15) is 4.79 Å². The van der Waals surface area contributed by atoms with Crippen LogP contribution in [-0.4, -0.2) is 33.3 Å². The quantitative estimate of drug-likeness (QED) is 0.540. The molecule has 0 aliphatic carbocycles. The van der Waals surface area contributed by atoms with E-state index in [1.807, 2.05) is 0 Å². The summed E-state index contributed by atoms with van der Waals surface area (Å²) >= 11 is 0. The van der Waals surface area contributed by atoms with Crippen molar-refractivity contribution in [3.63, 3.8) is 0 Å². The van der Waals surface area contributed by atoms with Gasteiger partial charge in [-0.05, 0) is 40.8 Å². The lowest BCUT2D eigenvalue weighted by Gasteiger charge is -2.07. The highest BCUT2D eigenvalue weighted by molar-refractivity contribution is 5.91. The number of nitrogens with zero attached hydrogens (tertiary/aromatic N) is 4. The van der Waals surface area contributed by atoms with Gasteiger partial charge in [0.2, 0.25) is 0 Å². The first-order chi connectivity index (χ1) is 10.8. The second-order valence-corrected chi connectivity index (χ2v) is 4.37. The molecule has 0 atom stereocenters. The predicted octanol–water partition coefficient (Wildman–Crippen LogP) is 1.89. The average molecular weight is 296 g/mol. The van der Waals surface area contributed by atoms with Gasteiger partial charge >= 0.3 is 5.97 Å². The van der Waals surface area contributed by atoms with Crippen LogP contribution in [0, 0.1) is 0 Å². The summed E-state index contributed by atoms with van der Waals surface area (Å²) in [4.78, 5) is 12.2. The number of benzene rings is 2. The Kier molecular flexibility index (Phi) is 3.78. The van der Waals surface area contributed by atoms with Crippen molar-refractivity contribution < 1.29 is 14.3 Å². The van der Waals surface area contributed by atoms with Crippen LogP contribution < -0.4 is 9.47 Å². The number of esters is 1. The molecule has 0 saturated heterocycles. The van der Waals surface area contributed by atoms with E-state index in [2.05, 4.69) is 15.5 Å². The highest BCUT2D eigenvalue weighted by Crippen LogP contribution is 2.19. The molecule has 3 aromatic rings. The number of methoxy groups -OCH3 is 1. The van der Waals surface area contributed by atoms with Crippen LogP contribution in [0.5, 0.6) is 11.5 Å². The number of ether oxygens (including phenoxy) is 2. The summed E-state index contributed by atoms with van der Waals surface area (Å²) in [5, 5.41) is 10.9. The van der Waals surface area contributed by atoms with E-state index in [1.54, 1.807) is 55.6 Å². The summed E-state index contributed by atoms with van der Waals surface area (Å²) in [5.41, 5.74) is 1.10.